The van der Waals surface area contributed by atoms with Gasteiger partial charge >= 0.3 is 0 Å². The van der Waals surface area contributed by atoms with Crippen molar-refractivity contribution < 1.29 is 14.2 Å². The molecule has 1 aliphatic rings. The lowest BCUT2D eigenvalue weighted by molar-refractivity contribution is -0.107. The maximum Gasteiger partial charge on any atom is 0.137 e. The van der Waals surface area contributed by atoms with Gasteiger partial charge in [0, 0.05) is 24.6 Å². The number of hydrogen-bond donors (Lipinski definition) is 0. The molecule has 2 heterocycles. The first kappa shape index (κ1) is 19.5. The molecule has 0 bridgehead atoms. The first-order valence-corrected chi connectivity index (χ1v) is 9.72. The van der Waals surface area contributed by atoms with Crippen LogP contribution in [-0.2, 0) is 14.2 Å². The highest BCUT2D eigenvalue weighted by molar-refractivity contribution is 7.71. The minimum Gasteiger partial charge on any atom is -0.376 e. The number of rotatable bonds is 5. The van der Waals surface area contributed by atoms with Crippen molar-refractivity contribution in [1.29, 1.82) is 0 Å². The van der Waals surface area contributed by atoms with Gasteiger partial charge in [0.1, 0.15) is 17.0 Å². The summed E-state index contributed by atoms with van der Waals surface area (Å²) in [5, 5.41) is 2.25. The third-order valence-electron chi connectivity index (χ3n) is 4.64. The molecule has 26 heavy (non-hydrogen) atoms. The van der Waals surface area contributed by atoms with Crippen LogP contribution >= 0.6 is 12.2 Å². The zero-order chi connectivity index (χ0) is 18.9. The summed E-state index contributed by atoms with van der Waals surface area (Å²) in [4.78, 5) is 0. The number of benzene rings is 1. The second kappa shape index (κ2) is 7.77. The van der Waals surface area contributed by atoms with Crippen molar-refractivity contribution in [3.8, 4) is 0 Å². The zero-order valence-corrected chi connectivity index (χ0v) is 17.1. The molecule has 3 rings (SSSR count). The monoisotopic (exact) mass is 375 g/mol. The minimum atomic E-state index is -0.199. The second-order valence-electron chi connectivity index (χ2n) is 7.90. The van der Waals surface area contributed by atoms with Crippen LogP contribution in [0.4, 0.5) is 0 Å². The first-order chi connectivity index (χ1) is 12.3. The quantitative estimate of drug-likeness (QED) is 0.674. The summed E-state index contributed by atoms with van der Waals surface area (Å²) in [5.41, 5.74) is 1.03. The molecule has 2 aromatic rings. The van der Waals surface area contributed by atoms with Crippen LogP contribution in [0.15, 0.2) is 30.5 Å². The van der Waals surface area contributed by atoms with Gasteiger partial charge < -0.3 is 18.8 Å². The van der Waals surface area contributed by atoms with Crippen molar-refractivity contribution in [2.75, 3.05) is 13.2 Å². The Morgan fingerprint density at radius 2 is 2.04 bits per heavy atom. The highest BCUT2D eigenvalue weighted by atomic mass is 32.1. The zero-order valence-electron chi connectivity index (χ0n) is 16.3. The maximum atomic E-state index is 6.31. The Labute approximate surface area is 161 Å². The van der Waals surface area contributed by atoms with E-state index in [0.29, 0.717) is 13.2 Å². The van der Waals surface area contributed by atoms with E-state index in [-0.39, 0.29) is 24.0 Å². The fraction of sp³-hybridized carbons (Fsp3) is 0.571. The number of aryl methyl sites for hydroxylation is 1. The molecule has 0 amide bonds. The Morgan fingerprint density at radius 3 is 2.73 bits per heavy atom. The summed E-state index contributed by atoms with van der Waals surface area (Å²) in [7, 11) is 0. The smallest absolute Gasteiger partial charge is 0.137 e. The standard InChI is InChI=1S/C21H29NO3S/c1-6-23-17-12-19(25-18(17)13-24-21(3,4)5)22-10-9-15-11-14(2)7-8-16(15)20(22)26/h7-11,17-19H,6,12-13H2,1-5H3/t17?,18-,19+/m1/s1. The lowest BCUT2D eigenvalue weighted by Gasteiger charge is -2.25. The van der Waals surface area contributed by atoms with Crippen LogP contribution in [0.3, 0.4) is 0 Å². The average molecular weight is 376 g/mol. The summed E-state index contributed by atoms with van der Waals surface area (Å²) >= 11 is 5.75. The largest absolute Gasteiger partial charge is 0.376 e. The van der Waals surface area contributed by atoms with Gasteiger partial charge in [-0.25, -0.2) is 0 Å². The van der Waals surface area contributed by atoms with Crippen molar-refractivity contribution >= 4 is 23.0 Å². The molecule has 0 radical (unpaired) electrons. The predicted molar refractivity (Wildman–Crippen MR) is 107 cm³/mol. The highest BCUT2D eigenvalue weighted by Crippen LogP contribution is 2.33. The van der Waals surface area contributed by atoms with E-state index in [1.165, 1.54) is 10.9 Å². The topological polar surface area (TPSA) is 32.6 Å². The molecule has 1 aliphatic heterocycles. The van der Waals surface area contributed by atoms with Gasteiger partial charge in [-0.15, -0.1) is 0 Å². The maximum absolute atomic E-state index is 6.31. The van der Waals surface area contributed by atoms with Gasteiger partial charge in [-0.05, 0) is 46.1 Å². The first-order valence-electron chi connectivity index (χ1n) is 9.31. The van der Waals surface area contributed by atoms with Crippen LogP contribution in [-0.4, -0.2) is 35.6 Å². The van der Waals surface area contributed by atoms with Crippen LogP contribution in [0.5, 0.6) is 0 Å². The second-order valence-corrected chi connectivity index (χ2v) is 8.29. The van der Waals surface area contributed by atoms with Crippen molar-refractivity contribution in [2.45, 2.75) is 65.1 Å². The van der Waals surface area contributed by atoms with Crippen molar-refractivity contribution in [3.05, 3.63) is 40.7 Å². The molecule has 1 aromatic carbocycles. The Kier molecular flexibility index (Phi) is 5.82. The lowest BCUT2D eigenvalue weighted by atomic mass is 10.1. The van der Waals surface area contributed by atoms with Gasteiger partial charge in [-0.3, -0.25) is 0 Å². The van der Waals surface area contributed by atoms with Crippen LogP contribution in [0.25, 0.3) is 10.8 Å². The predicted octanol–water partition coefficient (Wildman–Crippen LogP) is 5.19. The van der Waals surface area contributed by atoms with E-state index in [2.05, 4.69) is 56.5 Å². The van der Waals surface area contributed by atoms with Gasteiger partial charge in [0.25, 0.3) is 0 Å². The molecule has 1 fully saturated rings. The van der Waals surface area contributed by atoms with Crippen molar-refractivity contribution in [3.63, 3.8) is 0 Å². The van der Waals surface area contributed by atoms with Gasteiger partial charge in [0.05, 0.1) is 18.3 Å². The summed E-state index contributed by atoms with van der Waals surface area (Å²) in [5.74, 6) is 0. The van der Waals surface area contributed by atoms with E-state index < -0.39 is 0 Å². The van der Waals surface area contributed by atoms with E-state index >= 15 is 0 Å². The Hall–Kier alpha value is -1.27. The van der Waals surface area contributed by atoms with Crippen molar-refractivity contribution in [2.24, 2.45) is 0 Å². The Morgan fingerprint density at radius 1 is 1.27 bits per heavy atom. The summed E-state index contributed by atoms with van der Waals surface area (Å²) in [6, 6.07) is 8.46. The van der Waals surface area contributed by atoms with E-state index in [0.717, 1.165) is 16.4 Å². The normalized spacial score (nSPS) is 23.7. The summed E-state index contributed by atoms with van der Waals surface area (Å²) in [6.45, 7) is 11.4. The molecule has 0 aliphatic carbocycles. The van der Waals surface area contributed by atoms with Gasteiger partial charge in [0.15, 0.2) is 0 Å². The SMILES string of the molecule is CCOC1C[C@@H](n2ccc3cc(C)ccc3c2=S)O[C@@H]1COC(C)(C)C. The molecule has 0 saturated carbocycles. The molecule has 142 valence electrons. The lowest BCUT2D eigenvalue weighted by Crippen LogP contribution is -2.33. The Bertz CT molecular complexity index is 824. The molecule has 0 spiro atoms. The molecular weight excluding hydrogens is 346 g/mol. The highest BCUT2D eigenvalue weighted by Gasteiger charge is 2.37. The van der Waals surface area contributed by atoms with Crippen LogP contribution in [0.2, 0.25) is 0 Å². The van der Waals surface area contributed by atoms with Crippen LogP contribution < -0.4 is 0 Å². The molecule has 4 nitrogen and oxygen atoms in total. The van der Waals surface area contributed by atoms with Crippen LogP contribution in [0, 0.1) is 11.6 Å². The Balaban J connectivity index is 1.85. The van der Waals surface area contributed by atoms with Gasteiger partial charge in [0.2, 0.25) is 0 Å². The third kappa shape index (κ3) is 4.34. The fourth-order valence-electron chi connectivity index (χ4n) is 3.35. The molecular formula is C21H29NO3S. The molecule has 0 N–H and O–H groups in total. The van der Waals surface area contributed by atoms with Gasteiger partial charge in [-0.1, -0.05) is 36.0 Å². The van der Waals surface area contributed by atoms with E-state index in [9.17, 15) is 0 Å². The number of ether oxygens (including phenoxy) is 3. The van der Waals surface area contributed by atoms with E-state index in [1.807, 2.05) is 13.1 Å². The van der Waals surface area contributed by atoms with Gasteiger partial charge in [-0.2, -0.15) is 0 Å². The average Bonchev–Trinajstić information content (AvgIpc) is 2.95. The number of aromatic nitrogens is 1. The molecule has 1 unspecified atom stereocenters. The summed E-state index contributed by atoms with van der Waals surface area (Å²) in [6.07, 6.45) is 2.61. The number of pyridine rings is 1. The molecule has 5 heteroatoms. The number of fused-ring (bicyclic) bond motifs is 1. The van der Waals surface area contributed by atoms with Crippen LogP contribution in [0.1, 0.15) is 45.9 Å². The van der Waals surface area contributed by atoms with E-state index in [4.69, 9.17) is 26.4 Å². The number of hydrogen-bond acceptors (Lipinski definition) is 4. The third-order valence-corrected chi connectivity index (χ3v) is 5.07. The minimum absolute atomic E-state index is 0.0166. The fourth-order valence-corrected chi connectivity index (χ4v) is 3.72. The molecule has 1 saturated heterocycles. The molecule has 3 atom stereocenters. The van der Waals surface area contributed by atoms with Crippen molar-refractivity contribution in [1.82, 2.24) is 4.57 Å². The number of nitrogens with zero attached hydrogens (tertiary/aromatic N) is 1. The summed E-state index contributed by atoms with van der Waals surface area (Å²) < 4.78 is 21.0. The van der Waals surface area contributed by atoms with E-state index in [1.54, 1.807) is 0 Å². The molecule has 1 aromatic heterocycles.